The van der Waals surface area contributed by atoms with Crippen molar-refractivity contribution in [3.05, 3.63) is 0 Å². The van der Waals surface area contributed by atoms with E-state index in [1.54, 1.807) is 0 Å². The second-order valence-electron chi connectivity index (χ2n) is 5.08. The van der Waals surface area contributed by atoms with Crippen LogP contribution >= 0.6 is 0 Å². The molecule has 0 bridgehead atoms. The Morgan fingerprint density at radius 3 is 2.14 bits per heavy atom. The minimum atomic E-state index is 0.748. The number of nitrogens with zero attached hydrogens (tertiary/aromatic N) is 1. The third-order valence-electron chi connectivity index (χ3n) is 3.29. The molecule has 0 aromatic rings. The third kappa shape index (κ3) is 3.58. The Morgan fingerprint density at radius 2 is 1.71 bits per heavy atom. The average Bonchev–Trinajstić information content (AvgIpc) is 2.13. The van der Waals surface area contributed by atoms with Crippen LogP contribution in [-0.4, -0.2) is 37.1 Å². The van der Waals surface area contributed by atoms with Gasteiger partial charge in [-0.1, -0.05) is 20.8 Å². The topological polar surface area (TPSA) is 15.3 Å². The zero-order valence-corrected chi connectivity index (χ0v) is 10.2. The van der Waals surface area contributed by atoms with E-state index in [1.807, 2.05) is 0 Å². The van der Waals surface area contributed by atoms with E-state index in [4.69, 9.17) is 0 Å². The van der Waals surface area contributed by atoms with Crippen LogP contribution < -0.4 is 5.32 Å². The van der Waals surface area contributed by atoms with Crippen LogP contribution in [0.5, 0.6) is 0 Å². The summed E-state index contributed by atoms with van der Waals surface area (Å²) in [5.74, 6) is 1.58. The lowest BCUT2D eigenvalue weighted by Crippen LogP contribution is -2.46. The first-order valence-electron chi connectivity index (χ1n) is 6.08. The Bertz CT molecular complexity index is 146. The fourth-order valence-corrected chi connectivity index (χ4v) is 2.20. The molecule has 3 atom stereocenters. The van der Waals surface area contributed by atoms with Gasteiger partial charge in [0.1, 0.15) is 0 Å². The van der Waals surface area contributed by atoms with Gasteiger partial charge in [-0.2, -0.15) is 0 Å². The summed E-state index contributed by atoms with van der Waals surface area (Å²) in [6.45, 7) is 14.2. The van der Waals surface area contributed by atoms with Gasteiger partial charge >= 0.3 is 0 Å². The smallest absolute Gasteiger partial charge is 0.00645 e. The predicted octanol–water partition coefficient (Wildman–Crippen LogP) is 1.96. The number of rotatable bonds is 2. The average molecular weight is 198 g/mol. The van der Waals surface area contributed by atoms with E-state index in [9.17, 15) is 0 Å². The molecule has 0 aromatic carbocycles. The Morgan fingerprint density at radius 1 is 1.21 bits per heavy atom. The lowest BCUT2D eigenvalue weighted by atomic mass is 10.0. The zero-order chi connectivity index (χ0) is 10.6. The van der Waals surface area contributed by atoms with Gasteiger partial charge < -0.3 is 10.2 Å². The normalized spacial score (nSPS) is 33.4. The van der Waals surface area contributed by atoms with Gasteiger partial charge in [0.25, 0.3) is 0 Å². The lowest BCUT2D eigenvalue weighted by Gasteiger charge is -2.35. The van der Waals surface area contributed by atoms with Crippen molar-refractivity contribution in [1.82, 2.24) is 10.2 Å². The Labute approximate surface area is 89.1 Å². The maximum absolute atomic E-state index is 3.54. The second kappa shape index (κ2) is 5.72. The van der Waals surface area contributed by atoms with E-state index in [2.05, 4.69) is 37.9 Å². The first-order chi connectivity index (χ1) is 6.63. The van der Waals surface area contributed by atoms with E-state index < -0.39 is 0 Å². The molecule has 2 nitrogen and oxygen atoms in total. The maximum atomic E-state index is 3.54. The predicted molar refractivity (Wildman–Crippen MR) is 62.5 cm³/mol. The molecular weight excluding hydrogens is 172 g/mol. The molecule has 1 rings (SSSR count). The highest BCUT2D eigenvalue weighted by Gasteiger charge is 2.20. The summed E-state index contributed by atoms with van der Waals surface area (Å²) in [5.41, 5.74) is 0. The molecule has 0 aromatic heterocycles. The number of hydrogen-bond acceptors (Lipinski definition) is 2. The van der Waals surface area contributed by atoms with Crippen LogP contribution in [0.3, 0.4) is 0 Å². The minimum Gasteiger partial charge on any atom is -0.316 e. The monoisotopic (exact) mass is 198 g/mol. The number of hydrogen-bond donors (Lipinski definition) is 1. The highest BCUT2D eigenvalue weighted by molar-refractivity contribution is 4.76. The molecule has 0 spiro atoms. The van der Waals surface area contributed by atoms with Crippen molar-refractivity contribution in [2.45, 2.75) is 40.2 Å². The van der Waals surface area contributed by atoms with Crippen LogP contribution in [0.25, 0.3) is 0 Å². The molecule has 1 heterocycles. The molecule has 14 heavy (non-hydrogen) atoms. The molecule has 84 valence electrons. The van der Waals surface area contributed by atoms with Gasteiger partial charge in [0.05, 0.1) is 0 Å². The minimum absolute atomic E-state index is 0.748. The molecule has 2 heteroatoms. The van der Waals surface area contributed by atoms with E-state index in [0.29, 0.717) is 0 Å². The summed E-state index contributed by atoms with van der Waals surface area (Å²) < 4.78 is 0. The van der Waals surface area contributed by atoms with Gasteiger partial charge in [-0.25, -0.2) is 0 Å². The zero-order valence-electron chi connectivity index (χ0n) is 10.2. The van der Waals surface area contributed by atoms with Crippen molar-refractivity contribution in [2.24, 2.45) is 11.8 Å². The van der Waals surface area contributed by atoms with E-state index in [1.165, 1.54) is 32.6 Å². The second-order valence-corrected chi connectivity index (χ2v) is 5.08. The molecular formula is C12H26N2. The van der Waals surface area contributed by atoms with Crippen LogP contribution in [0.15, 0.2) is 0 Å². The van der Waals surface area contributed by atoms with E-state index in [0.717, 1.165) is 17.9 Å². The van der Waals surface area contributed by atoms with Crippen LogP contribution in [0.4, 0.5) is 0 Å². The van der Waals surface area contributed by atoms with Crippen molar-refractivity contribution < 1.29 is 0 Å². The lowest BCUT2D eigenvalue weighted by molar-refractivity contribution is 0.139. The summed E-state index contributed by atoms with van der Waals surface area (Å²) in [5, 5.41) is 3.54. The van der Waals surface area contributed by atoms with Gasteiger partial charge in [0.2, 0.25) is 0 Å². The summed E-state index contributed by atoms with van der Waals surface area (Å²) in [7, 11) is 0. The molecule has 3 unspecified atom stereocenters. The maximum Gasteiger partial charge on any atom is 0.00645 e. The first kappa shape index (κ1) is 12.0. The highest BCUT2D eigenvalue weighted by atomic mass is 15.2. The highest BCUT2D eigenvalue weighted by Crippen LogP contribution is 2.12. The van der Waals surface area contributed by atoms with Gasteiger partial charge in [-0.15, -0.1) is 0 Å². The van der Waals surface area contributed by atoms with Crippen molar-refractivity contribution in [3.63, 3.8) is 0 Å². The largest absolute Gasteiger partial charge is 0.316 e. The third-order valence-corrected chi connectivity index (χ3v) is 3.29. The molecule has 1 saturated heterocycles. The molecule has 0 radical (unpaired) electrons. The van der Waals surface area contributed by atoms with Crippen LogP contribution in [-0.2, 0) is 0 Å². The molecule has 1 aliphatic rings. The van der Waals surface area contributed by atoms with Gasteiger partial charge in [-0.3, -0.25) is 0 Å². The molecule has 0 saturated carbocycles. The van der Waals surface area contributed by atoms with Gasteiger partial charge in [0, 0.05) is 19.1 Å². The van der Waals surface area contributed by atoms with Crippen molar-refractivity contribution >= 4 is 0 Å². The van der Waals surface area contributed by atoms with Crippen molar-refractivity contribution in [2.75, 3.05) is 26.2 Å². The Hall–Kier alpha value is -0.0800. The Balaban J connectivity index is 2.51. The van der Waals surface area contributed by atoms with Crippen molar-refractivity contribution in [3.8, 4) is 0 Å². The van der Waals surface area contributed by atoms with Crippen molar-refractivity contribution in [1.29, 1.82) is 0 Å². The van der Waals surface area contributed by atoms with Crippen LogP contribution in [0.1, 0.15) is 34.1 Å². The standard InChI is InChI=1S/C12H26N2/c1-5-12(4)14-8-10(2)6-13-7-11(3)9-14/h10-13H,5-9H2,1-4H3. The van der Waals surface area contributed by atoms with Gasteiger partial charge in [-0.05, 0) is 38.3 Å². The summed E-state index contributed by atoms with van der Waals surface area (Å²) in [6, 6.07) is 0.748. The van der Waals surface area contributed by atoms with Crippen LogP contribution in [0, 0.1) is 11.8 Å². The van der Waals surface area contributed by atoms with Gasteiger partial charge in [0.15, 0.2) is 0 Å². The molecule has 1 N–H and O–H groups in total. The molecule has 1 aliphatic heterocycles. The molecule has 1 fully saturated rings. The fourth-order valence-electron chi connectivity index (χ4n) is 2.20. The summed E-state index contributed by atoms with van der Waals surface area (Å²) in [6.07, 6.45) is 1.27. The quantitative estimate of drug-likeness (QED) is 0.730. The molecule has 0 amide bonds. The SMILES string of the molecule is CCC(C)N1CC(C)CNCC(C)C1. The van der Waals surface area contributed by atoms with Crippen LogP contribution in [0.2, 0.25) is 0 Å². The van der Waals surface area contributed by atoms with E-state index >= 15 is 0 Å². The summed E-state index contributed by atoms with van der Waals surface area (Å²) >= 11 is 0. The first-order valence-corrected chi connectivity index (χ1v) is 6.08. The summed E-state index contributed by atoms with van der Waals surface area (Å²) in [4.78, 5) is 2.66. The number of nitrogens with one attached hydrogen (secondary N) is 1. The fraction of sp³-hybridized carbons (Fsp3) is 1.00. The Kier molecular flexibility index (Phi) is 4.90. The molecule has 0 aliphatic carbocycles. The van der Waals surface area contributed by atoms with E-state index in [-0.39, 0.29) is 0 Å².